The molecule has 1 aliphatic heterocycles. The summed E-state index contributed by atoms with van der Waals surface area (Å²) in [6, 6.07) is 5.04. The lowest BCUT2D eigenvalue weighted by molar-refractivity contribution is 0.0989. The number of rotatable bonds is 4. The van der Waals surface area contributed by atoms with E-state index in [0.717, 1.165) is 25.8 Å². The molecular formula is C16H20FN5O. The number of primary amides is 1. The average molecular weight is 317 g/mol. The molecule has 1 aromatic heterocycles. The molecule has 1 aliphatic rings. The van der Waals surface area contributed by atoms with Crippen molar-refractivity contribution in [3.05, 3.63) is 42.2 Å². The number of piperidine rings is 1. The number of carbonyl (C=O) groups excluding carboxylic acids is 1. The number of hydrogen-bond acceptors (Lipinski definition) is 4. The monoisotopic (exact) mass is 317 g/mol. The van der Waals surface area contributed by atoms with Gasteiger partial charge in [-0.15, -0.1) is 0 Å². The normalized spacial score (nSPS) is 18.2. The third-order valence-corrected chi connectivity index (χ3v) is 4.28. The highest BCUT2D eigenvalue weighted by atomic mass is 19.1. The summed E-state index contributed by atoms with van der Waals surface area (Å²) in [6.45, 7) is 1.31. The van der Waals surface area contributed by atoms with Gasteiger partial charge >= 0.3 is 0 Å². The highest BCUT2D eigenvalue weighted by Gasteiger charge is 2.24. The van der Waals surface area contributed by atoms with Crippen LogP contribution in [0.15, 0.2) is 30.6 Å². The van der Waals surface area contributed by atoms with Gasteiger partial charge in [-0.1, -0.05) is 0 Å². The predicted octanol–water partition coefficient (Wildman–Crippen LogP) is 1.43. The largest absolute Gasteiger partial charge is 0.365 e. The molecule has 23 heavy (non-hydrogen) atoms. The molecule has 3 rings (SSSR count). The number of amides is 1. The Morgan fingerprint density at radius 3 is 2.91 bits per heavy atom. The Balaban J connectivity index is 1.94. The zero-order valence-corrected chi connectivity index (χ0v) is 12.8. The van der Waals surface area contributed by atoms with Crippen molar-refractivity contribution in [2.75, 3.05) is 18.0 Å². The first-order chi connectivity index (χ1) is 11.1. The van der Waals surface area contributed by atoms with Gasteiger partial charge in [0.1, 0.15) is 5.82 Å². The molecule has 1 aromatic carbocycles. The summed E-state index contributed by atoms with van der Waals surface area (Å²) in [7, 11) is 0. The number of hydrogen-bond donors (Lipinski definition) is 2. The number of benzene rings is 1. The van der Waals surface area contributed by atoms with Crippen molar-refractivity contribution in [1.29, 1.82) is 0 Å². The summed E-state index contributed by atoms with van der Waals surface area (Å²) in [5.41, 5.74) is 12.2. The second-order valence-electron chi connectivity index (χ2n) is 5.70. The predicted molar refractivity (Wildman–Crippen MR) is 86.1 cm³/mol. The van der Waals surface area contributed by atoms with Gasteiger partial charge in [-0.05, 0) is 31.4 Å². The van der Waals surface area contributed by atoms with Gasteiger partial charge < -0.3 is 16.4 Å². The van der Waals surface area contributed by atoms with Crippen molar-refractivity contribution in [3.8, 4) is 5.69 Å². The molecule has 7 heteroatoms. The van der Waals surface area contributed by atoms with Crippen LogP contribution in [-0.2, 0) is 0 Å². The van der Waals surface area contributed by atoms with Crippen molar-refractivity contribution in [2.45, 2.75) is 25.3 Å². The number of carbonyl (C=O) groups is 1. The van der Waals surface area contributed by atoms with Crippen molar-refractivity contribution in [2.24, 2.45) is 11.5 Å². The quantitative estimate of drug-likeness (QED) is 0.892. The third kappa shape index (κ3) is 2.92. The molecular weight excluding hydrogens is 297 g/mol. The fraction of sp³-hybridized carbons (Fsp3) is 0.375. The summed E-state index contributed by atoms with van der Waals surface area (Å²) in [4.78, 5) is 17.3. The van der Waals surface area contributed by atoms with E-state index in [0.29, 0.717) is 17.9 Å². The Bertz CT molecular complexity index is 714. The van der Waals surface area contributed by atoms with E-state index >= 15 is 0 Å². The smallest absolute Gasteiger partial charge is 0.285 e. The minimum atomic E-state index is -0.654. The van der Waals surface area contributed by atoms with E-state index in [4.69, 9.17) is 11.5 Å². The maximum atomic E-state index is 14.6. The van der Waals surface area contributed by atoms with Gasteiger partial charge in [0.15, 0.2) is 0 Å². The first-order valence-corrected chi connectivity index (χ1v) is 7.71. The van der Waals surface area contributed by atoms with Crippen molar-refractivity contribution >= 4 is 11.6 Å². The molecule has 1 unspecified atom stereocenters. The van der Waals surface area contributed by atoms with Crippen LogP contribution in [0.1, 0.15) is 29.9 Å². The molecule has 0 radical (unpaired) electrons. The molecule has 1 atom stereocenters. The van der Waals surface area contributed by atoms with E-state index in [1.165, 1.54) is 16.8 Å². The van der Waals surface area contributed by atoms with E-state index in [-0.39, 0.29) is 17.7 Å². The number of halogens is 1. The first kappa shape index (κ1) is 15.5. The summed E-state index contributed by atoms with van der Waals surface area (Å²) in [6.07, 6.45) is 6.17. The molecule has 1 amide bonds. The Morgan fingerprint density at radius 1 is 1.39 bits per heavy atom. The average Bonchev–Trinajstić information content (AvgIpc) is 3.04. The Hall–Kier alpha value is -2.41. The van der Waals surface area contributed by atoms with Crippen LogP contribution < -0.4 is 16.4 Å². The van der Waals surface area contributed by atoms with Gasteiger partial charge in [-0.3, -0.25) is 9.36 Å². The Kier molecular flexibility index (Phi) is 4.29. The third-order valence-electron chi connectivity index (χ3n) is 4.28. The number of anilines is 1. The second kappa shape index (κ2) is 6.37. The van der Waals surface area contributed by atoms with Crippen LogP contribution in [0.3, 0.4) is 0 Å². The van der Waals surface area contributed by atoms with Crippen LogP contribution in [-0.4, -0.2) is 34.6 Å². The highest BCUT2D eigenvalue weighted by Crippen LogP contribution is 2.28. The Labute approximate surface area is 133 Å². The van der Waals surface area contributed by atoms with E-state index in [2.05, 4.69) is 4.98 Å². The summed E-state index contributed by atoms with van der Waals surface area (Å²) >= 11 is 0. The molecule has 0 aliphatic carbocycles. The summed E-state index contributed by atoms with van der Waals surface area (Å²) < 4.78 is 16.1. The topological polar surface area (TPSA) is 90.2 Å². The van der Waals surface area contributed by atoms with Crippen molar-refractivity contribution < 1.29 is 9.18 Å². The van der Waals surface area contributed by atoms with Gasteiger partial charge in [-0.2, -0.15) is 0 Å². The van der Waals surface area contributed by atoms with E-state index in [9.17, 15) is 9.18 Å². The van der Waals surface area contributed by atoms with Crippen LogP contribution in [0.5, 0.6) is 0 Å². The Morgan fingerprint density at radius 2 is 2.22 bits per heavy atom. The summed E-state index contributed by atoms with van der Waals surface area (Å²) in [5.74, 6) is -0.916. The SMILES string of the molecule is NCC1CCCCN1c1ccc(-n2ccnc2C(N)=O)cc1F. The number of nitrogens with zero attached hydrogens (tertiary/aromatic N) is 3. The molecule has 2 heterocycles. The standard InChI is InChI=1S/C16H20FN5O/c17-13-9-11(22-8-6-20-16(22)15(19)23)4-5-14(13)21-7-2-1-3-12(21)10-18/h4-6,8-9,12H,1-3,7,10,18H2,(H2,19,23). The molecule has 0 bridgehead atoms. The molecule has 122 valence electrons. The van der Waals surface area contributed by atoms with Crippen LogP contribution in [0.25, 0.3) is 5.69 Å². The van der Waals surface area contributed by atoms with Gasteiger partial charge in [0, 0.05) is 37.6 Å². The van der Waals surface area contributed by atoms with Gasteiger partial charge in [0.05, 0.1) is 11.4 Å². The lowest BCUT2D eigenvalue weighted by Crippen LogP contribution is -2.44. The molecule has 4 N–H and O–H groups in total. The molecule has 0 spiro atoms. The highest BCUT2D eigenvalue weighted by molar-refractivity contribution is 5.89. The maximum Gasteiger partial charge on any atom is 0.285 e. The van der Waals surface area contributed by atoms with Gasteiger partial charge in [0.2, 0.25) is 5.82 Å². The maximum absolute atomic E-state index is 14.6. The van der Waals surface area contributed by atoms with Gasteiger partial charge in [-0.25, -0.2) is 9.37 Å². The van der Waals surface area contributed by atoms with Crippen LogP contribution >= 0.6 is 0 Å². The van der Waals surface area contributed by atoms with Crippen LogP contribution in [0, 0.1) is 5.82 Å². The van der Waals surface area contributed by atoms with E-state index in [1.807, 2.05) is 4.90 Å². The van der Waals surface area contributed by atoms with E-state index < -0.39 is 5.91 Å². The second-order valence-corrected chi connectivity index (χ2v) is 5.70. The molecule has 1 fully saturated rings. The minimum absolute atomic E-state index is 0.0787. The lowest BCUT2D eigenvalue weighted by atomic mass is 10.0. The fourth-order valence-electron chi connectivity index (χ4n) is 3.14. The zero-order valence-electron chi connectivity index (χ0n) is 12.8. The molecule has 0 saturated carbocycles. The zero-order chi connectivity index (χ0) is 16.4. The number of aromatic nitrogens is 2. The van der Waals surface area contributed by atoms with Crippen LogP contribution in [0.4, 0.5) is 10.1 Å². The molecule has 6 nitrogen and oxygen atoms in total. The number of imidazole rings is 1. The molecule has 1 saturated heterocycles. The van der Waals surface area contributed by atoms with Gasteiger partial charge in [0.25, 0.3) is 5.91 Å². The minimum Gasteiger partial charge on any atom is -0.365 e. The van der Waals surface area contributed by atoms with E-state index in [1.54, 1.807) is 18.3 Å². The number of nitrogens with two attached hydrogens (primary N) is 2. The lowest BCUT2D eigenvalue weighted by Gasteiger charge is -2.37. The molecule has 2 aromatic rings. The van der Waals surface area contributed by atoms with Crippen molar-refractivity contribution in [3.63, 3.8) is 0 Å². The van der Waals surface area contributed by atoms with Crippen LogP contribution in [0.2, 0.25) is 0 Å². The summed E-state index contributed by atoms with van der Waals surface area (Å²) in [5, 5.41) is 0. The first-order valence-electron chi connectivity index (χ1n) is 7.71. The van der Waals surface area contributed by atoms with Crippen molar-refractivity contribution in [1.82, 2.24) is 9.55 Å². The fourth-order valence-corrected chi connectivity index (χ4v) is 3.14.